The molecule has 20 heavy (non-hydrogen) atoms. The Morgan fingerprint density at radius 2 is 2.05 bits per heavy atom. The molecule has 0 aliphatic carbocycles. The molecule has 0 heterocycles. The summed E-state index contributed by atoms with van der Waals surface area (Å²) in [6.45, 7) is 7.81. The number of carbonyl (C=O) groups excluding carboxylic acids is 1. The number of carbonyl (C=O) groups is 1. The first kappa shape index (κ1) is 16.3. The van der Waals surface area contributed by atoms with Gasteiger partial charge in [-0.15, -0.1) is 0 Å². The van der Waals surface area contributed by atoms with E-state index in [9.17, 15) is 4.79 Å². The molecule has 0 aliphatic heterocycles. The lowest BCUT2D eigenvalue weighted by atomic mass is 10.1. The number of benzene rings is 1. The molecule has 0 radical (unpaired) electrons. The van der Waals surface area contributed by atoms with Crippen LogP contribution in [0, 0.1) is 0 Å². The van der Waals surface area contributed by atoms with Gasteiger partial charge < -0.3 is 20.7 Å². The Hall–Kier alpha value is -1.75. The molecule has 0 aliphatic rings. The molecule has 0 unspecified atom stereocenters. The summed E-state index contributed by atoms with van der Waals surface area (Å²) in [7, 11) is 1.56. The Morgan fingerprint density at radius 3 is 2.65 bits per heavy atom. The molecule has 5 heteroatoms. The smallest absolute Gasteiger partial charge is 0.251 e. The quantitative estimate of drug-likeness (QED) is 0.711. The van der Waals surface area contributed by atoms with E-state index in [-0.39, 0.29) is 5.91 Å². The third kappa shape index (κ3) is 5.09. The Labute approximate surface area is 121 Å². The molecule has 0 bridgehead atoms. The van der Waals surface area contributed by atoms with E-state index >= 15 is 0 Å². The Balaban J connectivity index is 2.52. The lowest BCUT2D eigenvalue weighted by molar-refractivity contribution is 0.0948. The summed E-state index contributed by atoms with van der Waals surface area (Å²) in [5, 5.41) is 2.91. The molecule has 1 aromatic carbocycles. The summed E-state index contributed by atoms with van der Waals surface area (Å²) < 4.78 is 5.11. The molecule has 0 saturated carbocycles. The molecule has 0 fully saturated rings. The fourth-order valence-electron chi connectivity index (χ4n) is 2.04. The highest BCUT2D eigenvalue weighted by molar-refractivity contribution is 5.95. The van der Waals surface area contributed by atoms with Crippen LogP contribution in [0.2, 0.25) is 0 Å². The summed E-state index contributed by atoms with van der Waals surface area (Å²) >= 11 is 0. The van der Waals surface area contributed by atoms with Gasteiger partial charge in [-0.05, 0) is 31.6 Å². The summed E-state index contributed by atoms with van der Waals surface area (Å²) in [6, 6.07) is 5.04. The number of rotatable bonds is 8. The standard InChI is InChI=1S/C15H25N3O2/c1-4-7-18(5-2)8-6-17-15(19)12-9-13(16)11-14(10-12)20-3/h9-11H,4-8,16H2,1-3H3,(H,17,19). The van der Waals surface area contributed by atoms with Gasteiger partial charge in [-0.25, -0.2) is 0 Å². The predicted octanol–water partition coefficient (Wildman–Crippen LogP) is 1.74. The first-order valence-corrected chi connectivity index (χ1v) is 7.05. The maximum Gasteiger partial charge on any atom is 0.251 e. The van der Waals surface area contributed by atoms with E-state index in [1.165, 1.54) is 0 Å². The topological polar surface area (TPSA) is 67.6 Å². The van der Waals surface area contributed by atoms with Crippen molar-refractivity contribution in [3.05, 3.63) is 23.8 Å². The molecule has 0 spiro atoms. The van der Waals surface area contributed by atoms with E-state index in [0.717, 1.165) is 26.1 Å². The molecule has 5 nitrogen and oxygen atoms in total. The second-order valence-electron chi connectivity index (χ2n) is 4.69. The summed E-state index contributed by atoms with van der Waals surface area (Å²) in [6.07, 6.45) is 1.12. The highest BCUT2D eigenvalue weighted by atomic mass is 16.5. The third-order valence-electron chi connectivity index (χ3n) is 3.13. The van der Waals surface area contributed by atoms with Crippen molar-refractivity contribution in [2.24, 2.45) is 0 Å². The average Bonchev–Trinajstić information content (AvgIpc) is 2.45. The maximum atomic E-state index is 12.1. The van der Waals surface area contributed by atoms with Crippen molar-refractivity contribution < 1.29 is 9.53 Å². The summed E-state index contributed by atoms with van der Waals surface area (Å²) in [4.78, 5) is 14.4. The molecule has 1 amide bonds. The van der Waals surface area contributed by atoms with E-state index in [0.29, 0.717) is 23.5 Å². The van der Waals surface area contributed by atoms with Gasteiger partial charge in [-0.3, -0.25) is 4.79 Å². The van der Waals surface area contributed by atoms with Gasteiger partial charge in [0.2, 0.25) is 0 Å². The van der Waals surface area contributed by atoms with Crippen molar-refractivity contribution in [2.45, 2.75) is 20.3 Å². The normalized spacial score (nSPS) is 10.6. The number of amides is 1. The summed E-state index contributed by atoms with van der Waals surface area (Å²) in [5.74, 6) is 0.472. The first-order chi connectivity index (χ1) is 9.60. The van der Waals surface area contributed by atoms with E-state index < -0.39 is 0 Å². The molecule has 112 valence electrons. The lowest BCUT2D eigenvalue weighted by Crippen LogP contribution is -2.35. The monoisotopic (exact) mass is 279 g/mol. The van der Waals surface area contributed by atoms with Crippen molar-refractivity contribution >= 4 is 11.6 Å². The van der Waals surface area contributed by atoms with Crippen LogP contribution >= 0.6 is 0 Å². The first-order valence-electron chi connectivity index (χ1n) is 7.05. The van der Waals surface area contributed by atoms with Crippen LogP contribution in [0.25, 0.3) is 0 Å². The third-order valence-corrected chi connectivity index (χ3v) is 3.13. The van der Waals surface area contributed by atoms with Crippen LogP contribution in [0.15, 0.2) is 18.2 Å². The Bertz CT molecular complexity index is 435. The van der Waals surface area contributed by atoms with Crippen molar-refractivity contribution in [2.75, 3.05) is 39.0 Å². The van der Waals surface area contributed by atoms with Crippen LogP contribution in [-0.2, 0) is 0 Å². The number of hydrogen-bond acceptors (Lipinski definition) is 4. The zero-order chi connectivity index (χ0) is 15.0. The fraction of sp³-hybridized carbons (Fsp3) is 0.533. The van der Waals surface area contributed by atoms with Gasteiger partial charge in [0, 0.05) is 30.4 Å². The number of methoxy groups -OCH3 is 1. The number of likely N-dealkylation sites (N-methyl/N-ethyl adjacent to an activating group) is 1. The Morgan fingerprint density at radius 1 is 1.30 bits per heavy atom. The number of nitrogen functional groups attached to an aromatic ring is 1. The van der Waals surface area contributed by atoms with Crippen molar-refractivity contribution in [1.29, 1.82) is 0 Å². The lowest BCUT2D eigenvalue weighted by Gasteiger charge is -2.19. The minimum Gasteiger partial charge on any atom is -0.497 e. The van der Waals surface area contributed by atoms with Gasteiger partial charge in [-0.2, -0.15) is 0 Å². The number of nitrogens with two attached hydrogens (primary N) is 1. The van der Waals surface area contributed by atoms with Gasteiger partial charge in [0.05, 0.1) is 7.11 Å². The van der Waals surface area contributed by atoms with Gasteiger partial charge in [0.15, 0.2) is 0 Å². The second-order valence-corrected chi connectivity index (χ2v) is 4.69. The van der Waals surface area contributed by atoms with Gasteiger partial charge in [-0.1, -0.05) is 13.8 Å². The van der Waals surface area contributed by atoms with Crippen LogP contribution in [0.5, 0.6) is 5.75 Å². The van der Waals surface area contributed by atoms with Crippen LogP contribution < -0.4 is 15.8 Å². The molecule has 1 aromatic rings. The van der Waals surface area contributed by atoms with Crippen LogP contribution in [0.1, 0.15) is 30.6 Å². The van der Waals surface area contributed by atoms with Crippen molar-refractivity contribution in [1.82, 2.24) is 10.2 Å². The fourth-order valence-corrected chi connectivity index (χ4v) is 2.04. The predicted molar refractivity (Wildman–Crippen MR) is 82.1 cm³/mol. The minimum absolute atomic E-state index is 0.122. The average molecular weight is 279 g/mol. The molecule has 1 rings (SSSR count). The van der Waals surface area contributed by atoms with E-state index in [1.807, 2.05) is 0 Å². The maximum absolute atomic E-state index is 12.1. The van der Waals surface area contributed by atoms with E-state index in [2.05, 4.69) is 24.1 Å². The van der Waals surface area contributed by atoms with E-state index in [1.54, 1.807) is 25.3 Å². The highest BCUT2D eigenvalue weighted by Gasteiger charge is 2.08. The largest absolute Gasteiger partial charge is 0.497 e. The van der Waals surface area contributed by atoms with Crippen molar-refractivity contribution in [3.8, 4) is 5.75 Å². The number of nitrogens with zero attached hydrogens (tertiary/aromatic N) is 1. The summed E-state index contributed by atoms with van der Waals surface area (Å²) in [5.41, 5.74) is 6.79. The molecular weight excluding hydrogens is 254 g/mol. The zero-order valence-electron chi connectivity index (χ0n) is 12.6. The van der Waals surface area contributed by atoms with Crippen LogP contribution in [0.3, 0.4) is 0 Å². The van der Waals surface area contributed by atoms with E-state index in [4.69, 9.17) is 10.5 Å². The van der Waals surface area contributed by atoms with Gasteiger partial charge in [0.1, 0.15) is 5.75 Å². The molecule has 0 atom stereocenters. The van der Waals surface area contributed by atoms with Crippen LogP contribution in [0.4, 0.5) is 5.69 Å². The molecular formula is C15H25N3O2. The minimum atomic E-state index is -0.122. The number of nitrogens with one attached hydrogen (secondary N) is 1. The Kier molecular flexibility index (Phi) is 6.87. The van der Waals surface area contributed by atoms with Crippen LogP contribution in [-0.4, -0.2) is 44.1 Å². The number of anilines is 1. The number of ether oxygens (including phenoxy) is 1. The van der Waals surface area contributed by atoms with Crippen molar-refractivity contribution in [3.63, 3.8) is 0 Å². The van der Waals surface area contributed by atoms with Gasteiger partial charge in [0.25, 0.3) is 5.91 Å². The SMILES string of the molecule is CCCN(CC)CCNC(=O)c1cc(N)cc(OC)c1. The van der Waals surface area contributed by atoms with Gasteiger partial charge >= 0.3 is 0 Å². The highest BCUT2D eigenvalue weighted by Crippen LogP contribution is 2.18. The zero-order valence-corrected chi connectivity index (χ0v) is 12.6. The molecule has 0 aromatic heterocycles. The number of hydrogen-bond donors (Lipinski definition) is 2. The second kappa shape index (κ2) is 8.43. The molecule has 0 saturated heterocycles. The molecule has 3 N–H and O–H groups in total.